The molecule has 0 radical (unpaired) electrons. The number of hydrogen-bond acceptors (Lipinski definition) is 4. The molecule has 0 bridgehead atoms. The van der Waals surface area contributed by atoms with Gasteiger partial charge in [-0.25, -0.2) is 0 Å². The van der Waals surface area contributed by atoms with Crippen LogP contribution in [0.15, 0.2) is 42.5 Å². The monoisotopic (exact) mass is 397 g/mol. The summed E-state index contributed by atoms with van der Waals surface area (Å²) < 4.78 is 18.5. The fourth-order valence-corrected chi connectivity index (χ4v) is 3.85. The standard InChI is InChI=1S/C25H35NO3/c1-6-7-8-15-28-24-23(27-5)21-16-20(13-14-22(21)29-25(24,3)4)26-17-19-11-9-18(2)10-12-19/h9-14,16,23-24,26H,6-8,15,17H2,1-5H3. The summed E-state index contributed by atoms with van der Waals surface area (Å²) in [5.41, 5.74) is 4.18. The maximum absolute atomic E-state index is 6.32. The van der Waals surface area contributed by atoms with Crippen LogP contribution >= 0.6 is 0 Å². The van der Waals surface area contributed by atoms with Crippen molar-refractivity contribution in [3.63, 3.8) is 0 Å². The number of benzene rings is 2. The Labute approximate surface area is 175 Å². The van der Waals surface area contributed by atoms with E-state index in [1.807, 2.05) is 6.07 Å². The number of ether oxygens (including phenoxy) is 3. The molecule has 2 aromatic rings. The van der Waals surface area contributed by atoms with Crippen molar-refractivity contribution in [2.75, 3.05) is 19.0 Å². The van der Waals surface area contributed by atoms with Gasteiger partial charge in [0.1, 0.15) is 23.6 Å². The minimum Gasteiger partial charge on any atom is -0.485 e. The summed E-state index contributed by atoms with van der Waals surface area (Å²) in [5.74, 6) is 0.871. The van der Waals surface area contributed by atoms with Crippen molar-refractivity contribution in [3.8, 4) is 5.75 Å². The largest absolute Gasteiger partial charge is 0.485 e. The molecule has 0 amide bonds. The predicted molar refractivity (Wildman–Crippen MR) is 119 cm³/mol. The number of nitrogens with one attached hydrogen (secondary N) is 1. The fourth-order valence-electron chi connectivity index (χ4n) is 3.85. The van der Waals surface area contributed by atoms with E-state index in [0.717, 1.165) is 36.6 Å². The van der Waals surface area contributed by atoms with Crippen LogP contribution in [-0.2, 0) is 16.0 Å². The second-order valence-electron chi connectivity index (χ2n) is 8.45. The van der Waals surface area contributed by atoms with Crippen LogP contribution in [0.3, 0.4) is 0 Å². The highest BCUT2D eigenvalue weighted by Gasteiger charge is 2.45. The molecule has 0 aromatic heterocycles. The van der Waals surface area contributed by atoms with Crippen molar-refractivity contribution in [2.45, 2.75) is 71.3 Å². The third kappa shape index (κ3) is 5.31. The Balaban J connectivity index is 1.75. The Bertz CT molecular complexity index is 785. The number of anilines is 1. The van der Waals surface area contributed by atoms with Gasteiger partial charge in [0.25, 0.3) is 0 Å². The molecule has 2 unspecified atom stereocenters. The second kappa shape index (κ2) is 9.64. The van der Waals surface area contributed by atoms with Crippen LogP contribution < -0.4 is 10.1 Å². The molecule has 29 heavy (non-hydrogen) atoms. The van der Waals surface area contributed by atoms with E-state index in [0.29, 0.717) is 0 Å². The number of rotatable bonds is 9. The zero-order valence-corrected chi connectivity index (χ0v) is 18.5. The van der Waals surface area contributed by atoms with Gasteiger partial charge in [-0.2, -0.15) is 0 Å². The van der Waals surface area contributed by atoms with Crippen LogP contribution in [-0.4, -0.2) is 25.4 Å². The van der Waals surface area contributed by atoms with Crippen molar-refractivity contribution in [1.29, 1.82) is 0 Å². The first-order valence-corrected chi connectivity index (χ1v) is 10.7. The third-order valence-corrected chi connectivity index (χ3v) is 5.57. The first kappa shape index (κ1) is 21.7. The van der Waals surface area contributed by atoms with Crippen LogP contribution in [0.1, 0.15) is 62.8 Å². The van der Waals surface area contributed by atoms with Gasteiger partial charge in [0.15, 0.2) is 0 Å². The van der Waals surface area contributed by atoms with E-state index in [4.69, 9.17) is 14.2 Å². The number of aryl methyl sites for hydroxylation is 1. The average Bonchev–Trinajstić information content (AvgIpc) is 2.70. The van der Waals surface area contributed by atoms with Crippen molar-refractivity contribution < 1.29 is 14.2 Å². The highest BCUT2D eigenvalue weighted by molar-refractivity contribution is 5.53. The summed E-state index contributed by atoms with van der Waals surface area (Å²) in [6.07, 6.45) is 3.11. The van der Waals surface area contributed by atoms with E-state index in [1.54, 1.807) is 7.11 Å². The van der Waals surface area contributed by atoms with Crippen LogP contribution in [0.4, 0.5) is 5.69 Å². The minimum absolute atomic E-state index is 0.149. The molecule has 0 fully saturated rings. The minimum atomic E-state index is -0.448. The Kier molecular flexibility index (Phi) is 7.20. The summed E-state index contributed by atoms with van der Waals surface area (Å²) in [7, 11) is 1.75. The number of methoxy groups -OCH3 is 1. The lowest BCUT2D eigenvalue weighted by atomic mass is 9.88. The molecule has 3 rings (SSSR count). The maximum atomic E-state index is 6.32. The predicted octanol–water partition coefficient (Wildman–Crippen LogP) is 6.04. The van der Waals surface area contributed by atoms with E-state index in [9.17, 15) is 0 Å². The molecule has 4 heteroatoms. The van der Waals surface area contributed by atoms with E-state index in [1.165, 1.54) is 24.0 Å². The molecule has 1 heterocycles. The molecular formula is C25H35NO3. The molecule has 4 nitrogen and oxygen atoms in total. The lowest BCUT2D eigenvalue weighted by Gasteiger charge is -2.44. The lowest BCUT2D eigenvalue weighted by molar-refractivity contribution is -0.154. The van der Waals surface area contributed by atoms with Crippen molar-refractivity contribution >= 4 is 5.69 Å². The van der Waals surface area contributed by atoms with Gasteiger partial charge in [0.05, 0.1) is 0 Å². The van der Waals surface area contributed by atoms with E-state index in [2.05, 4.69) is 69.4 Å². The van der Waals surface area contributed by atoms with E-state index in [-0.39, 0.29) is 12.2 Å². The Morgan fingerprint density at radius 3 is 2.52 bits per heavy atom. The first-order chi connectivity index (χ1) is 13.9. The van der Waals surface area contributed by atoms with Gasteiger partial charge in [-0.05, 0) is 51.0 Å². The zero-order valence-electron chi connectivity index (χ0n) is 18.5. The quantitative estimate of drug-likeness (QED) is 0.524. The number of fused-ring (bicyclic) bond motifs is 1. The Morgan fingerprint density at radius 2 is 1.83 bits per heavy atom. The molecule has 0 saturated carbocycles. The van der Waals surface area contributed by atoms with Crippen molar-refractivity contribution in [1.82, 2.24) is 0 Å². The summed E-state index contributed by atoms with van der Waals surface area (Å²) in [6, 6.07) is 14.8. The number of unbranched alkanes of at least 4 members (excludes halogenated alkanes) is 2. The molecule has 1 aliphatic heterocycles. The average molecular weight is 398 g/mol. The molecule has 0 saturated heterocycles. The molecule has 1 aliphatic rings. The Morgan fingerprint density at radius 1 is 1.07 bits per heavy atom. The van der Waals surface area contributed by atoms with E-state index >= 15 is 0 Å². The van der Waals surface area contributed by atoms with Crippen LogP contribution in [0.5, 0.6) is 5.75 Å². The van der Waals surface area contributed by atoms with Gasteiger partial charge < -0.3 is 19.5 Å². The third-order valence-electron chi connectivity index (χ3n) is 5.57. The molecule has 0 spiro atoms. The van der Waals surface area contributed by atoms with Crippen molar-refractivity contribution in [3.05, 3.63) is 59.2 Å². The van der Waals surface area contributed by atoms with E-state index < -0.39 is 5.60 Å². The summed E-state index contributed by atoms with van der Waals surface area (Å²) in [4.78, 5) is 0. The Hall–Kier alpha value is -2.04. The van der Waals surface area contributed by atoms with Crippen molar-refractivity contribution in [2.24, 2.45) is 0 Å². The van der Waals surface area contributed by atoms with Crippen LogP contribution in [0.25, 0.3) is 0 Å². The number of hydrogen-bond donors (Lipinski definition) is 1. The van der Waals surface area contributed by atoms with Gasteiger partial charge in [0, 0.05) is 31.5 Å². The molecule has 158 valence electrons. The molecule has 0 aliphatic carbocycles. The normalized spacial score (nSPS) is 20.0. The molecule has 2 atom stereocenters. The summed E-state index contributed by atoms with van der Waals surface area (Å²) >= 11 is 0. The van der Waals surface area contributed by atoms with Gasteiger partial charge >= 0.3 is 0 Å². The second-order valence-corrected chi connectivity index (χ2v) is 8.45. The lowest BCUT2D eigenvalue weighted by Crippen LogP contribution is -2.51. The first-order valence-electron chi connectivity index (χ1n) is 10.7. The SMILES string of the molecule is CCCCCOC1C(OC)c2cc(NCc3ccc(C)cc3)ccc2OC1(C)C. The van der Waals surface area contributed by atoms with Crippen LogP contribution in [0, 0.1) is 6.92 Å². The molecular weight excluding hydrogens is 362 g/mol. The fraction of sp³-hybridized carbons (Fsp3) is 0.520. The highest BCUT2D eigenvalue weighted by Crippen LogP contribution is 2.44. The maximum Gasteiger partial charge on any atom is 0.132 e. The molecule has 2 aromatic carbocycles. The zero-order chi connectivity index (χ0) is 20.9. The topological polar surface area (TPSA) is 39.7 Å². The van der Waals surface area contributed by atoms with Gasteiger partial charge in [-0.15, -0.1) is 0 Å². The molecule has 1 N–H and O–H groups in total. The smallest absolute Gasteiger partial charge is 0.132 e. The summed E-state index contributed by atoms with van der Waals surface area (Å²) in [6.45, 7) is 9.97. The van der Waals surface area contributed by atoms with Gasteiger partial charge in [-0.1, -0.05) is 49.6 Å². The van der Waals surface area contributed by atoms with Gasteiger partial charge in [-0.3, -0.25) is 0 Å². The van der Waals surface area contributed by atoms with Crippen LogP contribution in [0.2, 0.25) is 0 Å². The highest BCUT2D eigenvalue weighted by atomic mass is 16.6. The summed E-state index contributed by atoms with van der Waals surface area (Å²) in [5, 5.41) is 3.52. The van der Waals surface area contributed by atoms with Gasteiger partial charge in [0.2, 0.25) is 0 Å².